The van der Waals surface area contributed by atoms with E-state index in [1.807, 2.05) is 20.8 Å². The van der Waals surface area contributed by atoms with E-state index < -0.39 is 14.2 Å². The van der Waals surface area contributed by atoms with Gasteiger partial charge in [-0.2, -0.15) is 0 Å². The molecule has 0 aromatic rings. The van der Waals surface area contributed by atoms with Crippen molar-refractivity contribution < 1.29 is 33.2 Å². The summed E-state index contributed by atoms with van der Waals surface area (Å²) in [6, 6.07) is 1.24. The number of Topliss-reactive ketones (excluding diaryl/α,β-unsaturated/α-hetero) is 1. The maximum atomic E-state index is 12.8. The van der Waals surface area contributed by atoms with Gasteiger partial charge in [-0.25, -0.2) is 0 Å². The van der Waals surface area contributed by atoms with E-state index in [-0.39, 0.29) is 24.1 Å². The Morgan fingerprint density at radius 3 is 1.61 bits per heavy atom. The minimum atomic E-state index is -1.07. The lowest BCUT2D eigenvalue weighted by Crippen LogP contribution is -2.38. The molecule has 0 aliphatic carbocycles. The second-order valence-corrected chi connectivity index (χ2v) is 15.1. The molecule has 4 atom stereocenters. The first-order valence-corrected chi connectivity index (χ1v) is 15.6. The summed E-state index contributed by atoms with van der Waals surface area (Å²) in [7, 11) is -1.07. The average molecular weight is 463 g/mol. The molecule has 1 aliphatic heterocycles. The van der Waals surface area contributed by atoms with Crippen molar-refractivity contribution in [1.29, 1.82) is 0 Å². The Kier molecular flexibility index (Phi) is 15.1. The zero-order valence-corrected chi connectivity index (χ0v) is 21.7. The van der Waals surface area contributed by atoms with E-state index in [9.17, 15) is 4.79 Å². The van der Waals surface area contributed by atoms with Crippen LogP contribution in [0.4, 0.5) is 0 Å². The largest absolute Gasteiger partial charge is 0.377 e. The average Bonchev–Trinajstić information content (AvgIpc) is 2.70. The van der Waals surface area contributed by atoms with E-state index in [1.54, 1.807) is 0 Å². The summed E-state index contributed by atoms with van der Waals surface area (Å²) < 4.78 is 34.4. The van der Waals surface area contributed by atoms with Crippen molar-refractivity contribution in [1.82, 2.24) is 0 Å². The van der Waals surface area contributed by atoms with Crippen LogP contribution in [0.5, 0.6) is 0 Å². The predicted octanol–water partition coefficient (Wildman–Crippen LogP) is 3.71. The highest BCUT2D eigenvalue weighted by molar-refractivity contribution is 6.76. The van der Waals surface area contributed by atoms with Crippen LogP contribution in [-0.2, 0) is 33.2 Å². The Labute approximate surface area is 190 Å². The van der Waals surface area contributed by atoms with Gasteiger partial charge in [0.15, 0.2) is 5.78 Å². The van der Waals surface area contributed by atoms with Gasteiger partial charge < -0.3 is 28.4 Å². The lowest BCUT2D eigenvalue weighted by molar-refractivity contribution is -0.145. The first-order chi connectivity index (χ1) is 14.7. The van der Waals surface area contributed by atoms with E-state index >= 15 is 0 Å². The fourth-order valence-corrected chi connectivity index (χ4v) is 4.57. The monoisotopic (exact) mass is 462 g/mol. The lowest BCUT2D eigenvalue weighted by atomic mass is 10.1. The van der Waals surface area contributed by atoms with Gasteiger partial charge in [0.1, 0.15) is 6.10 Å². The highest BCUT2D eigenvalue weighted by Gasteiger charge is 2.26. The highest BCUT2D eigenvalue weighted by atomic mass is 28.3. The van der Waals surface area contributed by atoms with E-state index in [1.165, 1.54) is 6.04 Å². The van der Waals surface area contributed by atoms with Crippen molar-refractivity contribution in [2.45, 2.75) is 90.1 Å². The summed E-state index contributed by atoms with van der Waals surface area (Å²) in [5.74, 6) is 0.109. The van der Waals surface area contributed by atoms with Crippen LogP contribution in [0.2, 0.25) is 25.7 Å². The predicted molar refractivity (Wildman–Crippen MR) is 125 cm³/mol. The van der Waals surface area contributed by atoms with Crippen molar-refractivity contribution >= 4 is 13.9 Å². The van der Waals surface area contributed by atoms with Gasteiger partial charge in [0, 0.05) is 14.5 Å². The van der Waals surface area contributed by atoms with Crippen LogP contribution in [0.1, 0.15) is 40.0 Å². The van der Waals surface area contributed by atoms with Gasteiger partial charge in [-0.1, -0.05) is 32.1 Å². The van der Waals surface area contributed by atoms with Crippen LogP contribution >= 0.6 is 0 Å². The molecule has 1 aliphatic rings. The zero-order chi connectivity index (χ0) is 23.1. The highest BCUT2D eigenvalue weighted by Crippen LogP contribution is 2.16. The first-order valence-electron chi connectivity index (χ1n) is 11.9. The SMILES string of the molecule is C[C@H]1OCCOCCO[C@H](C)[C@@H](C)OCCOCCOC1C(=O)CCCC[Si](C)(C)C. The van der Waals surface area contributed by atoms with E-state index in [2.05, 4.69) is 19.6 Å². The third-order valence-electron chi connectivity index (χ3n) is 5.36. The van der Waals surface area contributed by atoms with Gasteiger partial charge >= 0.3 is 0 Å². The zero-order valence-electron chi connectivity index (χ0n) is 20.7. The molecule has 0 aromatic heterocycles. The van der Waals surface area contributed by atoms with Crippen molar-refractivity contribution in [3.05, 3.63) is 0 Å². The first kappa shape index (κ1) is 28.7. The lowest BCUT2D eigenvalue weighted by Gasteiger charge is -2.24. The van der Waals surface area contributed by atoms with E-state index in [0.29, 0.717) is 59.3 Å². The van der Waals surface area contributed by atoms with Gasteiger partial charge in [-0.3, -0.25) is 4.79 Å². The molecule has 184 valence electrons. The van der Waals surface area contributed by atoms with E-state index in [4.69, 9.17) is 28.4 Å². The van der Waals surface area contributed by atoms with Crippen LogP contribution in [0.15, 0.2) is 0 Å². The minimum Gasteiger partial charge on any atom is -0.377 e. The molecule has 0 spiro atoms. The Balaban J connectivity index is 2.52. The molecule has 0 aromatic carbocycles. The fraction of sp³-hybridized carbons (Fsp3) is 0.957. The Morgan fingerprint density at radius 1 is 0.677 bits per heavy atom. The molecule has 0 N–H and O–H groups in total. The molecule has 31 heavy (non-hydrogen) atoms. The number of carbonyl (C=O) groups is 1. The number of ketones is 1. The van der Waals surface area contributed by atoms with E-state index in [0.717, 1.165) is 12.8 Å². The molecule has 1 saturated heterocycles. The minimum absolute atomic E-state index is 0.0143. The van der Waals surface area contributed by atoms with Crippen molar-refractivity contribution in [3.8, 4) is 0 Å². The Hall–Kier alpha value is -0.353. The fourth-order valence-electron chi connectivity index (χ4n) is 3.26. The number of ether oxygens (including phenoxy) is 6. The summed E-state index contributed by atoms with van der Waals surface area (Å²) >= 11 is 0. The normalized spacial score (nSPS) is 29.1. The molecular weight excluding hydrogens is 416 g/mol. The molecule has 1 heterocycles. The molecule has 0 bridgehead atoms. The Morgan fingerprint density at radius 2 is 1.13 bits per heavy atom. The van der Waals surface area contributed by atoms with Gasteiger partial charge in [0.05, 0.1) is 71.2 Å². The van der Waals surface area contributed by atoms with Crippen LogP contribution in [-0.4, -0.2) is 91.1 Å². The van der Waals surface area contributed by atoms with Crippen molar-refractivity contribution in [3.63, 3.8) is 0 Å². The molecule has 0 radical (unpaired) electrons. The topological polar surface area (TPSA) is 72.5 Å². The van der Waals surface area contributed by atoms with Gasteiger partial charge in [-0.05, 0) is 27.2 Å². The Bertz CT molecular complexity index is 469. The number of rotatable bonds is 6. The third kappa shape index (κ3) is 14.4. The maximum absolute atomic E-state index is 12.8. The standard InChI is InChI=1S/C23H46O7Si/c1-19-20(2)28-15-11-26-13-17-30-23(21(3)29-16-12-25-10-14-27-19)22(24)9-7-8-18-31(4,5)6/h19-21,23H,7-18H2,1-6H3/t19-,20-,21-,23?/m1/s1. The number of hydrogen-bond acceptors (Lipinski definition) is 7. The van der Waals surface area contributed by atoms with Crippen molar-refractivity contribution in [2.24, 2.45) is 0 Å². The molecule has 0 saturated carbocycles. The second-order valence-electron chi connectivity index (χ2n) is 9.48. The molecule has 8 heteroatoms. The summed E-state index contributed by atoms with van der Waals surface area (Å²) in [6.45, 7) is 16.6. The van der Waals surface area contributed by atoms with Crippen molar-refractivity contribution in [2.75, 3.05) is 52.9 Å². The maximum Gasteiger partial charge on any atom is 0.164 e. The second kappa shape index (κ2) is 16.3. The van der Waals surface area contributed by atoms with Crippen LogP contribution in [0.3, 0.4) is 0 Å². The van der Waals surface area contributed by atoms with Crippen LogP contribution in [0.25, 0.3) is 0 Å². The summed E-state index contributed by atoms with van der Waals surface area (Å²) in [4.78, 5) is 12.8. The summed E-state index contributed by atoms with van der Waals surface area (Å²) in [5.41, 5.74) is 0. The molecule has 0 amide bonds. The molecule has 7 nitrogen and oxygen atoms in total. The number of unbranched alkanes of at least 4 members (excludes halogenated alkanes) is 1. The molecular formula is C23H46O7Si. The summed E-state index contributed by atoms with van der Waals surface area (Å²) in [6.07, 6.45) is 1.59. The number of hydrogen-bond donors (Lipinski definition) is 0. The quantitative estimate of drug-likeness (QED) is 0.440. The van der Waals surface area contributed by atoms with Crippen LogP contribution in [0, 0.1) is 0 Å². The van der Waals surface area contributed by atoms with Gasteiger partial charge in [0.2, 0.25) is 0 Å². The molecule has 1 unspecified atom stereocenters. The molecule has 1 rings (SSSR count). The third-order valence-corrected chi connectivity index (χ3v) is 7.21. The molecule has 1 fully saturated rings. The summed E-state index contributed by atoms with van der Waals surface area (Å²) in [5, 5.41) is 0. The van der Waals surface area contributed by atoms with Crippen LogP contribution < -0.4 is 0 Å². The van der Waals surface area contributed by atoms with Gasteiger partial charge in [0.25, 0.3) is 0 Å². The van der Waals surface area contributed by atoms with Gasteiger partial charge in [-0.15, -0.1) is 0 Å². The smallest absolute Gasteiger partial charge is 0.164 e. The number of carbonyl (C=O) groups excluding carboxylic acids is 1.